The number of hydrogen-bond acceptors (Lipinski definition) is 4. The summed E-state index contributed by atoms with van der Waals surface area (Å²) >= 11 is 0. The lowest BCUT2D eigenvalue weighted by atomic mass is 9.93. The second-order valence-electron chi connectivity index (χ2n) is 6.69. The summed E-state index contributed by atoms with van der Waals surface area (Å²) in [5.74, 6) is -0.480. The van der Waals surface area contributed by atoms with Crippen LogP contribution in [0.5, 0.6) is 0 Å². The van der Waals surface area contributed by atoms with Crippen LogP contribution in [-0.2, 0) is 14.3 Å². The lowest BCUT2D eigenvalue weighted by Crippen LogP contribution is -2.47. The molecular formula is C21H23NO4. The molecule has 2 aromatic rings. The maximum Gasteiger partial charge on any atom is 0.411 e. The largest absolute Gasteiger partial charge is 0.467 e. The van der Waals surface area contributed by atoms with E-state index in [4.69, 9.17) is 9.47 Å². The van der Waals surface area contributed by atoms with Crippen molar-refractivity contribution in [1.82, 2.24) is 4.90 Å². The molecule has 0 N–H and O–H groups in total. The number of carbonyl (C=O) groups is 2. The van der Waals surface area contributed by atoms with E-state index in [2.05, 4.69) is 0 Å². The van der Waals surface area contributed by atoms with Crippen molar-refractivity contribution in [2.24, 2.45) is 5.92 Å². The highest BCUT2D eigenvalue weighted by atomic mass is 16.6. The van der Waals surface area contributed by atoms with Crippen LogP contribution in [0.4, 0.5) is 4.79 Å². The van der Waals surface area contributed by atoms with Gasteiger partial charge in [-0.25, -0.2) is 9.59 Å². The van der Waals surface area contributed by atoms with Crippen molar-refractivity contribution in [2.45, 2.75) is 32.0 Å². The van der Waals surface area contributed by atoms with E-state index in [0.29, 0.717) is 0 Å². The molecule has 1 aliphatic heterocycles. The Hall–Kier alpha value is -2.82. The van der Waals surface area contributed by atoms with E-state index < -0.39 is 30.3 Å². The van der Waals surface area contributed by atoms with E-state index in [1.165, 1.54) is 12.0 Å². The molecule has 0 aliphatic carbocycles. The number of amides is 1. The Kier molecular flexibility index (Phi) is 5.26. The van der Waals surface area contributed by atoms with Gasteiger partial charge in [-0.2, -0.15) is 0 Å². The van der Waals surface area contributed by atoms with Crippen LogP contribution in [0.15, 0.2) is 60.7 Å². The summed E-state index contributed by atoms with van der Waals surface area (Å²) in [6.07, 6.45) is -1.05. The Morgan fingerprint density at radius 2 is 1.50 bits per heavy atom. The van der Waals surface area contributed by atoms with Crippen LogP contribution < -0.4 is 0 Å². The molecule has 136 valence electrons. The van der Waals surface area contributed by atoms with E-state index in [1.54, 1.807) is 0 Å². The Morgan fingerprint density at radius 1 is 1.00 bits per heavy atom. The first-order valence-corrected chi connectivity index (χ1v) is 8.71. The lowest BCUT2D eigenvalue weighted by molar-refractivity contribution is -0.147. The summed E-state index contributed by atoms with van der Waals surface area (Å²) in [6.45, 7) is 3.86. The maximum absolute atomic E-state index is 12.8. The maximum atomic E-state index is 12.8. The van der Waals surface area contributed by atoms with Gasteiger partial charge < -0.3 is 9.47 Å². The van der Waals surface area contributed by atoms with Crippen molar-refractivity contribution < 1.29 is 19.1 Å². The number of esters is 1. The molecule has 1 fully saturated rings. The smallest absolute Gasteiger partial charge is 0.411 e. The first kappa shape index (κ1) is 18.0. The monoisotopic (exact) mass is 353 g/mol. The topological polar surface area (TPSA) is 55.8 Å². The highest BCUT2D eigenvalue weighted by Gasteiger charge is 2.51. The van der Waals surface area contributed by atoms with Crippen molar-refractivity contribution >= 4 is 12.1 Å². The molecule has 2 aromatic carbocycles. The molecule has 0 bridgehead atoms. The van der Waals surface area contributed by atoms with Gasteiger partial charge in [-0.1, -0.05) is 74.5 Å². The molecule has 5 heteroatoms. The fourth-order valence-electron chi connectivity index (χ4n) is 3.43. The summed E-state index contributed by atoms with van der Waals surface area (Å²) in [7, 11) is 1.33. The predicted molar refractivity (Wildman–Crippen MR) is 97.5 cm³/mol. The molecule has 26 heavy (non-hydrogen) atoms. The van der Waals surface area contributed by atoms with Crippen LogP contribution in [0.25, 0.3) is 0 Å². The summed E-state index contributed by atoms with van der Waals surface area (Å²) in [5, 5.41) is 0. The number of benzene rings is 2. The summed E-state index contributed by atoms with van der Waals surface area (Å²) in [6, 6.07) is 18.1. The third-order valence-electron chi connectivity index (χ3n) is 4.67. The van der Waals surface area contributed by atoms with E-state index in [9.17, 15) is 9.59 Å². The van der Waals surface area contributed by atoms with Crippen molar-refractivity contribution in [2.75, 3.05) is 7.11 Å². The van der Waals surface area contributed by atoms with E-state index in [-0.39, 0.29) is 5.92 Å². The molecule has 0 saturated carbocycles. The minimum atomic E-state index is -0.794. The zero-order chi connectivity index (χ0) is 18.7. The average molecular weight is 353 g/mol. The molecule has 5 nitrogen and oxygen atoms in total. The minimum absolute atomic E-state index is 0.0137. The molecule has 0 spiro atoms. The molecule has 1 saturated heterocycles. The normalized spacial score (nSPS) is 19.7. The van der Waals surface area contributed by atoms with E-state index in [1.807, 2.05) is 74.5 Å². The van der Waals surface area contributed by atoms with Gasteiger partial charge >= 0.3 is 12.1 Å². The first-order chi connectivity index (χ1) is 12.5. The van der Waals surface area contributed by atoms with Crippen molar-refractivity contribution in [3.05, 3.63) is 71.8 Å². The quantitative estimate of drug-likeness (QED) is 0.768. The number of methoxy groups -OCH3 is 1. The molecule has 2 atom stereocenters. The molecule has 1 amide bonds. The first-order valence-electron chi connectivity index (χ1n) is 8.71. The SMILES string of the molecule is COC(=O)C1C(C(C)C)OC(=O)N1C(c1ccccc1)c1ccccc1. The van der Waals surface area contributed by atoms with Gasteiger partial charge in [0.2, 0.25) is 0 Å². The summed E-state index contributed by atoms with van der Waals surface area (Å²) in [4.78, 5) is 26.9. The third-order valence-corrected chi connectivity index (χ3v) is 4.67. The van der Waals surface area contributed by atoms with Crippen LogP contribution in [-0.4, -0.2) is 36.2 Å². The predicted octanol–water partition coefficient (Wildman–Crippen LogP) is 3.79. The molecular weight excluding hydrogens is 330 g/mol. The van der Waals surface area contributed by atoms with Gasteiger partial charge in [0.15, 0.2) is 6.04 Å². The van der Waals surface area contributed by atoms with Gasteiger partial charge in [0, 0.05) is 0 Å². The van der Waals surface area contributed by atoms with Crippen molar-refractivity contribution in [3.63, 3.8) is 0 Å². The van der Waals surface area contributed by atoms with Gasteiger partial charge in [-0.05, 0) is 17.0 Å². The molecule has 2 unspecified atom stereocenters. The zero-order valence-corrected chi connectivity index (χ0v) is 15.2. The van der Waals surface area contributed by atoms with E-state index in [0.717, 1.165) is 11.1 Å². The van der Waals surface area contributed by atoms with Gasteiger partial charge in [-0.3, -0.25) is 4.90 Å². The highest BCUT2D eigenvalue weighted by molar-refractivity contribution is 5.85. The number of ether oxygens (including phenoxy) is 2. The molecule has 1 heterocycles. The highest BCUT2D eigenvalue weighted by Crippen LogP contribution is 2.37. The number of nitrogens with zero attached hydrogens (tertiary/aromatic N) is 1. The van der Waals surface area contributed by atoms with Gasteiger partial charge in [0.25, 0.3) is 0 Å². The Labute approximate surface area is 153 Å². The molecule has 0 aromatic heterocycles. The Bertz CT molecular complexity index is 721. The number of hydrogen-bond donors (Lipinski definition) is 0. The zero-order valence-electron chi connectivity index (χ0n) is 15.2. The third kappa shape index (κ3) is 3.29. The fraction of sp³-hybridized carbons (Fsp3) is 0.333. The van der Waals surface area contributed by atoms with Crippen LogP contribution >= 0.6 is 0 Å². The van der Waals surface area contributed by atoms with Crippen LogP contribution in [0.3, 0.4) is 0 Å². The molecule has 0 radical (unpaired) electrons. The van der Waals surface area contributed by atoms with Crippen LogP contribution in [0.2, 0.25) is 0 Å². The minimum Gasteiger partial charge on any atom is -0.467 e. The number of cyclic esters (lactones) is 1. The summed E-state index contributed by atoms with van der Waals surface area (Å²) < 4.78 is 10.6. The average Bonchev–Trinajstić information content (AvgIpc) is 3.01. The molecule has 1 aliphatic rings. The second-order valence-corrected chi connectivity index (χ2v) is 6.69. The van der Waals surface area contributed by atoms with Crippen molar-refractivity contribution in [1.29, 1.82) is 0 Å². The number of carbonyl (C=O) groups excluding carboxylic acids is 2. The number of rotatable bonds is 5. The van der Waals surface area contributed by atoms with Gasteiger partial charge in [0.1, 0.15) is 6.10 Å². The summed E-state index contributed by atoms with van der Waals surface area (Å²) in [5.41, 5.74) is 1.82. The standard InChI is InChI=1S/C21H23NO4/c1-14(2)19-18(20(23)25-3)22(21(24)26-19)17(15-10-6-4-7-11-15)16-12-8-5-9-13-16/h4-14,17-19H,1-3H3. The van der Waals surface area contributed by atoms with Crippen molar-refractivity contribution in [3.8, 4) is 0 Å². The van der Waals surface area contributed by atoms with Crippen LogP contribution in [0.1, 0.15) is 31.0 Å². The van der Waals surface area contributed by atoms with Gasteiger partial charge in [-0.15, -0.1) is 0 Å². The molecule has 3 rings (SSSR count). The van der Waals surface area contributed by atoms with Gasteiger partial charge in [0.05, 0.1) is 13.2 Å². The van der Waals surface area contributed by atoms with E-state index >= 15 is 0 Å². The second kappa shape index (κ2) is 7.60. The fourth-order valence-corrected chi connectivity index (χ4v) is 3.43. The lowest BCUT2D eigenvalue weighted by Gasteiger charge is -2.31. The Morgan fingerprint density at radius 3 is 1.92 bits per heavy atom. The Balaban J connectivity index is 2.12. The van der Waals surface area contributed by atoms with Crippen LogP contribution in [0, 0.1) is 5.92 Å².